The molecule has 0 unspecified atom stereocenters. The second kappa shape index (κ2) is 5.14. The SMILES string of the molecule is O=[N+]([O-])c1cc(F)cc(-c2cnc(CCCl)o2)c1. The van der Waals surface area contributed by atoms with Crippen LogP contribution in [0.25, 0.3) is 11.3 Å². The van der Waals surface area contributed by atoms with Crippen molar-refractivity contribution in [2.24, 2.45) is 0 Å². The first-order valence-electron chi connectivity index (χ1n) is 5.06. The summed E-state index contributed by atoms with van der Waals surface area (Å²) in [6, 6.07) is 3.23. The molecule has 2 aromatic rings. The van der Waals surface area contributed by atoms with Crippen molar-refractivity contribution < 1.29 is 13.7 Å². The van der Waals surface area contributed by atoms with E-state index in [1.165, 1.54) is 12.3 Å². The van der Waals surface area contributed by atoms with Crippen LogP contribution in [0.3, 0.4) is 0 Å². The van der Waals surface area contributed by atoms with Crippen LogP contribution < -0.4 is 0 Å². The first-order chi connectivity index (χ1) is 8.60. The van der Waals surface area contributed by atoms with Gasteiger partial charge in [-0.15, -0.1) is 11.6 Å². The van der Waals surface area contributed by atoms with Gasteiger partial charge in [0.1, 0.15) is 5.82 Å². The standard InChI is InChI=1S/C11H8ClFN2O3/c12-2-1-11-14-6-10(18-11)7-3-8(13)5-9(4-7)15(16)17/h3-6H,1-2H2. The predicted octanol–water partition coefficient (Wildman–Crippen LogP) is 3.17. The molecule has 5 nitrogen and oxygen atoms in total. The molecule has 1 aromatic carbocycles. The van der Waals surface area contributed by atoms with E-state index in [1.54, 1.807) is 0 Å². The Balaban J connectivity index is 2.39. The lowest BCUT2D eigenvalue weighted by Gasteiger charge is -1.97. The zero-order valence-electron chi connectivity index (χ0n) is 9.10. The number of benzene rings is 1. The molecule has 0 saturated carbocycles. The summed E-state index contributed by atoms with van der Waals surface area (Å²) in [7, 11) is 0. The minimum atomic E-state index is -0.700. The molecule has 0 aliphatic heterocycles. The molecule has 2 rings (SSSR count). The molecule has 0 radical (unpaired) electrons. The van der Waals surface area contributed by atoms with E-state index in [2.05, 4.69) is 4.98 Å². The molecule has 18 heavy (non-hydrogen) atoms. The summed E-state index contributed by atoms with van der Waals surface area (Å²) in [4.78, 5) is 13.9. The summed E-state index contributed by atoms with van der Waals surface area (Å²) in [6.07, 6.45) is 1.83. The zero-order valence-corrected chi connectivity index (χ0v) is 9.85. The number of oxazole rings is 1. The molecule has 0 fully saturated rings. The van der Waals surface area contributed by atoms with Gasteiger partial charge in [0.15, 0.2) is 11.7 Å². The third-order valence-corrected chi connectivity index (χ3v) is 2.43. The van der Waals surface area contributed by atoms with Crippen LogP contribution in [0.2, 0.25) is 0 Å². The van der Waals surface area contributed by atoms with Crippen LogP contribution in [-0.4, -0.2) is 15.8 Å². The second-order valence-electron chi connectivity index (χ2n) is 3.51. The van der Waals surface area contributed by atoms with Gasteiger partial charge in [-0.2, -0.15) is 0 Å². The van der Waals surface area contributed by atoms with Gasteiger partial charge in [0.25, 0.3) is 5.69 Å². The maximum atomic E-state index is 13.2. The van der Waals surface area contributed by atoms with Crippen molar-refractivity contribution in [2.45, 2.75) is 6.42 Å². The molecule has 1 heterocycles. The van der Waals surface area contributed by atoms with Gasteiger partial charge in [0.05, 0.1) is 17.2 Å². The minimum Gasteiger partial charge on any atom is -0.441 e. The van der Waals surface area contributed by atoms with E-state index in [1.807, 2.05) is 0 Å². The number of nitrogens with zero attached hydrogens (tertiary/aromatic N) is 2. The number of non-ortho nitro benzene ring substituents is 1. The smallest absolute Gasteiger partial charge is 0.273 e. The van der Waals surface area contributed by atoms with Crippen LogP contribution in [0.4, 0.5) is 10.1 Å². The lowest BCUT2D eigenvalue weighted by Crippen LogP contribution is -1.90. The van der Waals surface area contributed by atoms with E-state index in [0.29, 0.717) is 18.2 Å². The molecule has 0 amide bonds. The largest absolute Gasteiger partial charge is 0.441 e. The van der Waals surface area contributed by atoms with Gasteiger partial charge in [0.2, 0.25) is 0 Å². The van der Waals surface area contributed by atoms with E-state index in [-0.39, 0.29) is 17.0 Å². The van der Waals surface area contributed by atoms with E-state index in [4.69, 9.17) is 16.0 Å². The van der Waals surface area contributed by atoms with Gasteiger partial charge >= 0.3 is 0 Å². The number of alkyl halides is 1. The summed E-state index contributed by atoms with van der Waals surface area (Å²) < 4.78 is 18.6. The third-order valence-electron chi connectivity index (χ3n) is 2.24. The Morgan fingerprint density at radius 2 is 2.22 bits per heavy atom. The lowest BCUT2D eigenvalue weighted by atomic mass is 10.1. The van der Waals surface area contributed by atoms with E-state index >= 15 is 0 Å². The Kier molecular flexibility index (Phi) is 3.57. The Bertz CT molecular complexity index is 585. The van der Waals surface area contributed by atoms with Crippen LogP contribution in [0, 0.1) is 15.9 Å². The van der Waals surface area contributed by atoms with Crippen molar-refractivity contribution in [3.63, 3.8) is 0 Å². The highest BCUT2D eigenvalue weighted by atomic mass is 35.5. The van der Waals surface area contributed by atoms with Crippen molar-refractivity contribution in [3.8, 4) is 11.3 Å². The highest BCUT2D eigenvalue weighted by Gasteiger charge is 2.13. The number of nitro groups is 1. The summed E-state index contributed by atoms with van der Waals surface area (Å²) in [5.74, 6) is 0.336. The van der Waals surface area contributed by atoms with Gasteiger partial charge in [-0.1, -0.05) is 0 Å². The Labute approximate surface area is 106 Å². The number of hydrogen-bond donors (Lipinski definition) is 0. The molecular formula is C11H8ClFN2O3. The number of halogens is 2. The minimum absolute atomic E-state index is 0.273. The first kappa shape index (κ1) is 12.5. The van der Waals surface area contributed by atoms with E-state index in [0.717, 1.165) is 12.1 Å². The molecule has 0 spiro atoms. The summed E-state index contributed by atoms with van der Waals surface area (Å²) in [5.41, 5.74) is -0.0599. The number of nitro benzene ring substituents is 1. The fourth-order valence-electron chi connectivity index (χ4n) is 1.46. The van der Waals surface area contributed by atoms with Crippen molar-refractivity contribution in [1.82, 2.24) is 4.98 Å². The monoisotopic (exact) mass is 270 g/mol. The van der Waals surface area contributed by atoms with Crippen LogP contribution in [-0.2, 0) is 6.42 Å². The van der Waals surface area contributed by atoms with Crippen LogP contribution in [0.5, 0.6) is 0 Å². The maximum absolute atomic E-state index is 13.2. The highest BCUT2D eigenvalue weighted by molar-refractivity contribution is 6.17. The van der Waals surface area contributed by atoms with Crippen LogP contribution >= 0.6 is 11.6 Å². The van der Waals surface area contributed by atoms with E-state index in [9.17, 15) is 14.5 Å². The molecule has 0 saturated heterocycles. The number of rotatable bonds is 4. The van der Waals surface area contributed by atoms with E-state index < -0.39 is 10.7 Å². The average Bonchev–Trinajstić information content (AvgIpc) is 2.77. The normalized spacial score (nSPS) is 10.6. The Hall–Kier alpha value is -1.95. The summed E-state index contributed by atoms with van der Waals surface area (Å²) in [6.45, 7) is 0. The van der Waals surface area contributed by atoms with Crippen molar-refractivity contribution in [3.05, 3.63) is 46.2 Å². The molecule has 0 bridgehead atoms. The molecule has 94 valence electrons. The number of aromatic nitrogens is 1. The third kappa shape index (κ3) is 2.65. The highest BCUT2D eigenvalue weighted by Crippen LogP contribution is 2.26. The van der Waals surface area contributed by atoms with Gasteiger partial charge in [0, 0.05) is 23.9 Å². The summed E-state index contributed by atoms with van der Waals surface area (Å²) in [5, 5.41) is 10.6. The van der Waals surface area contributed by atoms with Crippen molar-refractivity contribution in [1.29, 1.82) is 0 Å². The van der Waals surface area contributed by atoms with Crippen molar-refractivity contribution in [2.75, 3.05) is 5.88 Å². The number of hydrogen-bond acceptors (Lipinski definition) is 4. The van der Waals surface area contributed by atoms with Gasteiger partial charge < -0.3 is 4.42 Å². The lowest BCUT2D eigenvalue weighted by molar-refractivity contribution is -0.385. The predicted molar refractivity (Wildman–Crippen MR) is 63.0 cm³/mol. The number of aryl methyl sites for hydroxylation is 1. The maximum Gasteiger partial charge on any atom is 0.273 e. The zero-order chi connectivity index (χ0) is 13.1. The van der Waals surface area contributed by atoms with Crippen LogP contribution in [0.1, 0.15) is 5.89 Å². The molecule has 0 atom stereocenters. The topological polar surface area (TPSA) is 69.2 Å². The molecule has 0 aliphatic rings. The van der Waals surface area contributed by atoms with Gasteiger partial charge in [-0.3, -0.25) is 10.1 Å². The molecular weight excluding hydrogens is 263 g/mol. The molecule has 0 N–H and O–H groups in total. The Morgan fingerprint density at radius 3 is 2.89 bits per heavy atom. The van der Waals surface area contributed by atoms with Gasteiger partial charge in [-0.05, 0) is 6.07 Å². The quantitative estimate of drug-likeness (QED) is 0.486. The fraction of sp³-hybridized carbons (Fsp3) is 0.182. The molecule has 7 heteroatoms. The molecule has 0 aliphatic carbocycles. The summed E-state index contributed by atoms with van der Waals surface area (Å²) >= 11 is 5.53. The van der Waals surface area contributed by atoms with Crippen molar-refractivity contribution >= 4 is 17.3 Å². The second-order valence-corrected chi connectivity index (χ2v) is 3.89. The fourth-order valence-corrected chi connectivity index (χ4v) is 1.62. The van der Waals surface area contributed by atoms with Crippen LogP contribution in [0.15, 0.2) is 28.8 Å². The first-order valence-corrected chi connectivity index (χ1v) is 5.59. The van der Waals surface area contributed by atoms with Gasteiger partial charge in [-0.25, -0.2) is 9.37 Å². The average molecular weight is 271 g/mol. The molecule has 1 aromatic heterocycles. The Morgan fingerprint density at radius 1 is 1.44 bits per heavy atom.